The third-order valence-electron chi connectivity index (χ3n) is 2.34. The van der Waals surface area contributed by atoms with Gasteiger partial charge in [-0.3, -0.25) is 0 Å². The number of thiophene rings is 1. The normalized spacial score (nSPS) is 13.2. The number of hydrogen-bond donors (Lipinski definition) is 0. The van der Waals surface area contributed by atoms with Crippen LogP contribution in [0.2, 0.25) is 0 Å². The van der Waals surface area contributed by atoms with E-state index < -0.39 is 34.8 Å². The van der Waals surface area contributed by atoms with Crippen LogP contribution in [0.1, 0.15) is 17.7 Å². The van der Waals surface area contributed by atoms with E-state index in [4.69, 9.17) is 0 Å². The Kier molecular flexibility index (Phi) is 5.84. The second-order valence-electron chi connectivity index (χ2n) is 4.02. The van der Waals surface area contributed by atoms with Crippen molar-refractivity contribution in [1.82, 2.24) is 4.31 Å². The third-order valence-corrected chi connectivity index (χ3v) is 5.90. The SMILES string of the molecule is CN(Cc1cc(Br)cs1)S(=O)(=O)CCCC(F)(F)F. The van der Waals surface area contributed by atoms with E-state index >= 15 is 0 Å². The Morgan fingerprint density at radius 2 is 2.05 bits per heavy atom. The monoisotopic (exact) mass is 379 g/mol. The number of rotatable bonds is 6. The van der Waals surface area contributed by atoms with Gasteiger partial charge in [0.05, 0.1) is 5.75 Å². The van der Waals surface area contributed by atoms with E-state index in [1.54, 1.807) is 6.07 Å². The first kappa shape index (κ1) is 16.9. The molecule has 0 amide bonds. The maximum absolute atomic E-state index is 12.0. The summed E-state index contributed by atoms with van der Waals surface area (Å²) in [5.41, 5.74) is 0. The van der Waals surface area contributed by atoms with Gasteiger partial charge in [0.25, 0.3) is 0 Å². The minimum absolute atomic E-state index is 0.171. The Morgan fingerprint density at radius 3 is 2.53 bits per heavy atom. The van der Waals surface area contributed by atoms with Crippen LogP contribution in [-0.4, -0.2) is 31.7 Å². The summed E-state index contributed by atoms with van der Waals surface area (Å²) < 4.78 is 61.4. The van der Waals surface area contributed by atoms with Crippen LogP contribution in [0.5, 0.6) is 0 Å². The summed E-state index contributed by atoms with van der Waals surface area (Å²) in [6.45, 7) is 0.171. The zero-order valence-corrected chi connectivity index (χ0v) is 13.3. The summed E-state index contributed by atoms with van der Waals surface area (Å²) in [7, 11) is -2.28. The van der Waals surface area contributed by atoms with E-state index in [1.807, 2.05) is 5.38 Å². The summed E-state index contributed by atoms with van der Waals surface area (Å²) in [5, 5.41) is 1.82. The van der Waals surface area contributed by atoms with E-state index in [0.29, 0.717) is 0 Å². The Balaban J connectivity index is 2.52. The molecular formula is C10H13BrF3NO2S2. The summed E-state index contributed by atoms with van der Waals surface area (Å²) in [6.07, 6.45) is -5.80. The molecule has 0 saturated heterocycles. The molecule has 0 unspecified atom stereocenters. The molecule has 1 aromatic rings. The van der Waals surface area contributed by atoms with Gasteiger partial charge in [-0.2, -0.15) is 17.5 Å². The van der Waals surface area contributed by atoms with Crippen molar-refractivity contribution in [3.8, 4) is 0 Å². The molecule has 3 nitrogen and oxygen atoms in total. The molecule has 0 aliphatic heterocycles. The van der Waals surface area contributed by atoms with E-state index in [9.17, 15) is 21.6 Å². The first-order valence-corrected chi connectivity index (χ1v) is 8.62. The lowest BCUT2D eigenvalue weighted by atomic mass is 10.3. The third kappa shape index (κ3) is 6.24. The second kappa shape index (κ2) is 6.55. The first-order valence-electron chi connectivity index (χ1n) is 5.34. The first-order chi connectivity index (χ1) is 8.60. The van der Waals surface area contributed by atoms with Gasteiger partial charge in [0.2, 0.25) is 10.0 Å². The highest BCUT2D eigenvalue weighted by Crippen LogP contribution is 2.24. The van der Waals surface area contributed by atoms with E-state index in [2.05, 4.69) is 15.9 Å². The smallest absolute Gasteiger partial charge is 0.212 e. The minimum Gasteiger partial charge on any atom is -0.212 e. The topological polar surface area (TPSA) is 37.4 Å². The molecule has 0 N–H and O–H groups in total. The molecule has 0 aliphatic carbocycles. The Morgan fingerprint density at radius 1 is 1.42 bits per heavy atom. The zero-order valence-electron chi connectivity index (χ0n) is 10.1. The Hall–Kier alpha value is -0.120. The van der Waals surface area contributed by atoms with Crippen LogP contribution < -0.4 is 0 Å². The van der Waals surface area contributed by atoms with Crippen LogP contribution in [0.25, 0.3) is 0 Å². The van der Waals surface area contributed by atoms with E-state index in [0.717, 1.165) is 13.7 Å². The van der Waals surface area contributed by atoms with Crippen molar-refractivity contribution in [3.63, 3.8) is 0 Å². The predicted molar refractivity (Wildman–Crippen MR) is 72.6 cm³/mol. The molecule has 0 bridgehead atoms. The van der Waals surface area contributed by atoms with Crippen molar-refractivity contribution in [2.45, 2.75) is 25.6 Å². The second-order valence-corrected chi connectivity index (χ2v) is 8.13. The van der Waals surface area contributed by atoms with Crippen molar-refractivity contribution in [3.05, 3.63) is 20.8 Å². The van der Waals surface area contributed by atoms with Crippen molar-refractivity contribution < 1.29 is 21.6 Å². The zero-order chi connectivity index (χ0) is 14.7. The van der Waals surface area contributed by atoms with E-state index in [-0.39, 0.29) is 6.54 Å². The summed E-state index contributed by atoms with van der Waals surface area (Å²) in [5.74, 6) is -0.491. The Labute approximate surface area is 122 Å². The number of hydrogen-bond acceptors (Lipinski definition) is 3. The van der Waals surface area contributed by atoms with Gasteiger partial charge in [-0.25, -0.2) is 8.42 Å². The number of nitrogens with zero attached hydrogens (tertiary/aromatic N) is 1. The van der Waals surface area contributed by atoms with Crippen molar-refractivity contribution in [1.29, 1.82) is 0 Å². The molecule has 0 aliphatic rings. The van der Waals surface area contributed by atoms with Crippen molar-refractivity contribution in [2.24, 2.45) is 0 Å². The summed E-state index contributed by atoms with van der Waals surface area (Å²) in [6, 6.07) is 1.78. The summed E-state index contributed by atoms with van der Waals surface area (Å²) in [4.78, 5) is 0.828. The molecule has 1 rings (SSSR count). The molecule has 0 aromatic carbocycles. The van der Waals surface area contributed by atoms with Crippen LogP contribution in [0, 0.1) is 0 Å². The Bertz CT molecular complexity index is 513. The fourth-order valence-electron chi connectivity index (χ4n) is 1.37. The average Bonchev–Trinajstić information content (AvgIpc) is 2.61. The highest BCUT2D eigenvalue weighted by molar-refractivity contribution is 9.10. The standard InChI is InChI=1S/C10H13BrF3NO2S2/c1-15(6-9-5-8(11)7-18-9)19(16,17)4-2-3-10(12,13)14/h5,7H,2-4,6H2,1H3. The maximum Gasteiger partial charge on any atom is 0.389 e. The lowest BCUT2D eigenvalue weighted by molar-refractivity contribution is -0.134. The van der Waals surface area contributed by atoms with Gasteiger partial charge in [0, 0.05) is 34.7 Å². The molecule has 0 radical (unpaired) electrons. The van der Waals surface area contributed by atoms with Gasteiger partial charge in [0.15, 0.2) is 0 Å². The predicted octanol–water partition coefficient (Wildman–Crippen LogP) is 3.61. The average molecular weight is 380 g/mol. The van der Waals surface area contributed by atoms with Gasteiger partial charge < -0.3 is 0 Å². The van der Waals surface area contributed by atoms with Gasteiger partial charge in [-0.1, -0.05) is 0 Å². The highest BCUT2D eigenvalue weighted by atomic mass is 79.9. The number of sulfonamides is 1. The van der Waals surface area contributed by atoms with Gasteiger partial charge in [-0.15, -0.1) is 11.3 Å². The molecule has 9 heteroatoms. The van der Waals surface area contributed by atoms with E-state index in [1.165, 1.54) is 18.4 Å². The summed E-state index contributed by atoms with van der Waals surface area (Å²) >= 11 is 4.64. The highest BCUT2D eigenvalue weighted by Gasteiger charge is 2.28. The molecule has 0 atom stereocenters. The van der Waals surface area contributed by atoms with Gasteiger partial charge in [0.1, 0.15) is 0 Å². The molecule has 1 aromatic heterocycles. The molecule has 0 fully saturated rings. The van der Waals surface area contributed by atoms with Gasteiger partial charge >= 0.3 is 6.18 Å². The fraction of sp³-hybridized carbons (Fsp3) is 0.600. The van der Waals surface area contributed by atoms with Crippen molar-refractivity contribution >= 4 is 37.3 Å². The molecule has 0 spiro atoms. The largest absolute Gasteiger partial charge is 0.389 e. The minimum atomic E-state index is -4.31. The van der Waals surface area contributed by atoms with Crippen LogP contribution in [0.15, 0.2) is 15.9 Å². The quantitative estimate of drug-likeness (QED) is 0.756. The van der Waals surface area contributed by atoms with Crippen molar-refractivity contribution in [2.75, 3.05) is 12.8 Å². The molecular weight excluding hydrogens is 367 g/mol. The number of alkyl halides is 3. The van der Waals surface area contributed by atoms with Crippen LogP contribution in [0.3, 0.4) is 0 Å². The lowest BCUT2D eigenvalue weighted by Crippen LogP contribution is -2.29. The van der Waals surface area contributed by atoms with Crippen LogP contribution in [0.4, 0.5) is 13.2 Å². The molecule has 1 heterocycles. The van der Waals surface area contributed by atoms with Crippen LogP contribution in [-0.2, 0) is 16.6 Å². The molecule has 19 heavy (non-hydrogen) atoms. The molecule has 0 saturated carbocycles. The maximum atomic E-state index is 12.0. The fourth-order valence-corrected chi connectivity index (χ4v) is 4.11. The molecule has 110 valence electrons. The number of halogens is 4. The lowest BCUT2D eigenvalue weighted by Gasteiger charge is -2.16. The van der Waals surface area contributed by atoms with Gasteiger partial charge in [-0.05, 0) is 28.4 Å². The van der Waals surface area contributed by atoms with Crippen LogP contribution >= 0.6 is 27.3 Å².